The first kappa shape index (κ1) is 14.2. The third-order valence-corrected chi connectivity index (χ3v) is 3.67. The molecule has 1 aliphatic rings. The molecule has 0 saturated carbocycles. The molecular weight excluding hydrogens is 230 g/mol. The van der Waals surface area contributed by atoms with Gasteiger partial charge in [-0.15, -0.1) is 0 Å². The summed E-state index contributed by atoms with van der Waals surface area (Å²) in [5, 5.41) is 20.3. The van der Waals surface area contributed by atoms with E-state index in [-0.39, 0.29) is 0 Å². The van der Waals surface area contributed by atoms with E-state index in [1.807, 2.05) is 19.1 Å². The molecule has 1 saturated heterocycles. The van der Waals surface area contributed by atoms with Crippen molar-refractivity contribution in [2.24, 2.45) is 17.3 Å². The summed E-state index contributed by atoms with van der Waals surface area (Å²) in [7, 11) is 0. The minimum Gasteiger partial charge on any atom is -0.294 e. The zero-order valence-electron chi connectivity index (χ0n) is 10.7. The molecule has 1 fully saturated rings. The van der Waals surface area contributed by atoms with Crippen LogP contribution in [0.1, 0.15) is 39.5 Å². The average Bonchev–Trinajstić information content (AvgIpc) is 2.29. The molecule has 2 amide bonds. The van der Waals surface area contributed by atoms with Gasteiger partial charge in [0, 0.05) is 5.41 Å². The number of imide groups is 1. The van der Waals surface area contributed by atoms with E-state index in [2.05, 4.69) is 5.32 Å². The summed E-state index contributed by atoms with van der Waals surface area (Å²) in [6, 6.07) is 3.88. The fourth-order valence-corrected chi connectivity index (χ4v) is 2.49. The standard InChI is InChI=1S/C13H17N3O2/c1-3-4-5-6-13(2)9(7-14)11(17)16-12(18)10(13)8-15/h9-10H,3-6H2,1-2H3,(H,16,17,18). The van der Waals surface area contributed by atoms with Gasteiger partial charge in [0.1, 0.15) is 11.8 Å². The molecule has 0 aliphatic carbocycles. The lowest BCUT2D eigenvalue weighted by atomic mass is 9.63. The molecule has 5 nitrogen and oxygen atoms in total. The maximum absolute atomic E-state index is 11.7. The Morgan fingerprint density at radius 2 is 1.67 bits per heavy atom. The summed E-state index contributed by atoms with van der Waals surface area (Å²) in [6.07, 6.45) is 3.31. The van der Waals surface area contributed by atoms with E-state index < -0.39 is 29.1 Å². The van der Waals surface area contributed by atoms with Crippen molar-refractivity contribution in [1.29, 1.82) is 10.5 Å². The van der Waals surface area contributed by atoms with E-state index in [9.17, 15) is 9.59 Å². The van der Waals surface area contributed by atoms with Gasteiger partial charge in [-0.25, -0.2) is 0 Å². The third-order valence-electron chi connectivity index (χ3n) is 3.67. The van der Waals surface area contributed by atoms with Gasteiger partial charge in [0.05, 0.1) is 12.1 Å². The van der Waals surface area contributed by atoms with Crippen LogP contribution in [0.25, 0.3) is 0 Å². The number of piperidine rings is 1. The fourth-order valence-electron chi connectivity index (χ4n) is 2.49. The first-order valence-electron chi connectivity index (χ1n) is 6.15. The molecule has 0 aromatic rings. The highest BCUT2D eigenvalue weighted by molar-refractivity contribution is 6.03. The van der Waals surface area contributed by atoms with Crippen LogP contribution >= 0.6 is 0 Å². The van der Waals surface area contributed by atoms with Crippen LogP contribution in [0.2, 0.25) is 0 Å². The van der Waals surface area contributed by atoms with Crippen molar-refractivity contribution < 1.29 is 9.59 Å². The summed E-state index contributed by atoms with van der Waals surface area (Å²) in [5.41, 5.74) is -0.877. The van der Waals surface area contributed by atoms with Crippen molar-refractivity contribution in [3.63, 3.8) is 0 Å². The van der Waals surface area contributed by atoms with Gasteiger partial charge < -0.3 is 0 Å². The first-order chi connectivity index (χ1) is 8.51. The highest BCUT2D eigenvalue weighted by Crippen LogP contribution is 2.43. The molecule has 5 heteroatoms. The number of hydrogen-bond donors (Lipinski definition) is 1. The van der Waals surface area contributed by atoms with Crippen LogP contribution in [0.5, 0.6) is 0 Å². The van der Waals surface area contributed by atoms with Gasteiger partial charge in [-0.3, -0.25) is 14.9 Å². The van der Waals surface area contributed by atoms with Crippen LogP contribution in [0.15, 0.2) is 0 Å². The van der Waals surface area contributed by atoms with Crippen molar-refractivity contribution in [3.8, 4) is 12.1 Å². The average molecular weight is 247 g/mol. The quantitative estimate of drug-likeness (QED) is 0.601. The fraction of sp³-hybridized carbons (Fsp3) is 0.692. The Hall–Kier alpha value is -1.88. The van der Waals surface area contributed by atoms with Crippen molar-refractivity contribution in [3.05, 3.63) is 0 Å². The van der Waals surface area contributed by atoms with E-state index >= 15 is 0 Å². The molecule has 0 radical (unpaired) electrons. The topological polar surface area (TPSA) is 93.8 Å². The second kappa shape index (κ2) is 5.64. The van der Waals surface area contributed by atoms with E-state index in [0.29, 0.717) is 6.42 Å². The molecule has 1 heterocycles. The number of nitrogens with one attached hydrogen (secondary N) is 1. The second-order valence-corrected chi connectivity index (χ2v) is 4.94. The van der Waals surface area contributed by atoms with Crippen LogP contribution in [0.4, 0.5) is 0 Å². The van der Waals surface area contributed by atoms with Crippen LogP contribution in [-0.4, -0.2) is 11.8 Å². The number of amides is 2. The molecule has 0 aromatic heterocycles. The molecule has 1 N–H and O–H groups in total. The van der Waals surface area contributed by atoms with Crippen molar-refractivity contribution in [1.82, 2.24) is 5.32 Å². The molecule has 0 aromatic carbocycles. The highest BCUT2D eigenvalue weighted by Gasteiger charge is 2.52. The number of carbonyl (C=O) groups is 2. The number of hydrogen-bond acceptors (Lipinski definition) is 4. The molecule has 2 atom stereocenters. The van der Waals surface area contributed by atoms with Gasteiger partial charge in [0.15, 0.2) is 0 Å². The lowest BCUT2D eigenvalue weighted by Crippen LogP contribution is -2.56. The van der Waals surface area contributed by atoms with Gasteiger partial charge in [-0.05, 0) is 6.42 Å². The van der Waals surface area contributed by atoms with E-state index in [4.69, 9.17) is 10.5 Å². The maximum atomic E-state index is 11.7. The molecular formula is C13H17N3O2. The number of carbonyl (C=O) groups excluding carboxylic acids is 2. The zero-order chi connectivity index (χ0) is 13.8. The summed E-state index contributed by atoms with van der Waals surface area (Å²) in [6.45, 7) is 3.74. The minimum absolute atomic E-state index is 0.538. The maximum Gasteiger partial charge on any atom is 0.244 e. The number of rotatable bonds is 4. The Balaban J connectivity index is 3.04. The van der Waals surface area contributed by atoms with Gasteiger partial charge >= 0.3 is 0 Å². The predicted octanol–water partition coefficient (Wildman–Crippen LogP) is 1.51. The van der Waals surface area contributed by atoms with Crippen molar-refractivity contribution in [2.45, 2.75) is 39.5 Å². The molecule has 1 aliphatic heterocycles. The molecule has 18 heavy (non-hydrogen) atoms. The van der Waals surface area contributed by atoms with Gasteiger partial charge in [-0.1, -0.05) is 33.1 Å². The Labute approximate surface area is 107 Å². The largest absolute Gasteiger partial charge is 0.294 e. The zero-order valence-corrected chi connectivity index (χ0v) is 10.7. The molecule has 0 bridgehead atoms. The number of nitrogens with zero attached hydrogens (tertiary/aromatic N) is 2. The van der Waals surface area contributed by atoms with Gasteiger partial charge in [-0.2, -0.15) is 10.5 Å². The Morgan fingerprint density at radius 3 is 2.06 bits per heavy atom. The molecule has 2 unspecified atom stereocenters. The van der Waals surface area contributed by atoms with Crippen LogP contribution in [0.3, 0.4) is 0 Å². The summed E-state index contributed by atoms with van der Waals surface area (Å²) >= 11 is 0. The Morgan fingerprint density at radius 1 is 1.17 bits per heavy atom. The van der Waals surface area contributed by atoms with E-state index in [1.54, 1.807) is 6.92 Å². The van der Waals surface area contributed by atoms with Crippen LogP contribution < -0.4 is 5.32 Å². The monoisotopic (exact) mass is 247 g/mol. The Bertz CT molecular complexity index is 398. The molecule has 1 rings (SSSR count). The Kier molecular flexibility index (Phi) is 4.44. The number of nitriles is 2. The highest BCUT2D eigenvalue weighted by atomic mass is 16.2. The van der Waals surface area contributed by atoms with Crippen LogP contribution in [0, 0.1) is 39.9 Å². The van der Waals surface area contributed by atoms with Crippen molar-refractivity contribution >= 4 is 11.8 Å². The lowest BCUT2D eigenvalue weighted by Gasteiger charge is -2.39. The van der Waals surface area contributed by atoms with E-state index in [0.717, 1.165) is 19.3 Å². The smallest absolute Gasteiger partial charge is 0.244 e. The predicted molar refractivity (Wildman–Crippen MR) is 63.6 cm³/mol. The lowest BCUT2D eigenvalue weighted by molar-refractivity contribution is -0.144. The SMILES string of the molecule is CCCCCC1(C)C(C#N)C(=O)NC(=O)C1C#N. The second-order valence-electron chi connectivity index (χ2n) is 4.94. The summed E-state index contributed by atoms with van der Waals surface area (Å²) in [5.74, 6) is -3.02. The molecule has 96 valence electrons. The van der Waals surface area contributed by atoms with Crippen LogP contribution in [-0.2, 0) is 9.59 Å². The third kappa shape index (κ3) is 2.36. The van der Waals surface area contributed by atoms with E-state index in [1.165, 1.54) is 0 Å². The summed E-state index contributed by atoms with van der Waals surface area (Å²) in [4.78, 5) is 23.4. The minimum atomic E-state index is -0.934. The first-order valence-corrected chi connectivity index (χ1v) is 6.15. The van der Waals surface area contributed by atoms with Crippen molar-refractivity contribution in [2.75, 3.05) is 0 Å². The van der Waals surface area contributed by atoms with Gasteiger partial charge in [0.25, 0.3) is 0 Å². The van der Waals surface area contributed by atoms with Gasteiger partial charge in [0.2, 0.25) is 11.8 Å². The summed E-state index contributed by atoms with van der Waals surface area (Å²) < 4.78 is 0. The normalized spacial score (nSPS) is 31.3. The molecule has 0 spiro atoms. The number of unbranched alkanes of at least 4 members (excludes halogenated alkanes) is 2.